The van der Waals surface area contributed by atoms with Crippen molar-refractivity contribution < 1.29 is 13.6 Å². The molecule has 3 rings (SSSR count). The first kappa shape index (κ1) is 23.6. The number of rotatable bonds is 7. The zero-order valence-electron chi connectivity index (χ0n) is 19.5. The van der Waals surface area contributed by atoms with E-state index in [-0.39, 0.29) is 11.1 Å². The van der Waals surface area contributed by atoms with Crippen LogP contribution in [0.1, 0.15) is 68.7 Å². The fraction of sp³-hybridized carbons (Fsp3) is 0.481. The molecule has 0 atom stereocenters. The molecule has 1 saturated heterocycles. The predicted octanol–water partition coefficient (Wildman–Crippen LogP) is 6.78. The van der Waals surface area contributed by atoms with Crippen LogP contribution in [-0.4, -0.2) is 23.3 Å². The molecule has 0 aliphatic carbocycles. The Labute approximate surface area is 185 Å². The molecule has 0 unspecified atom stereocenters. The topological polar surface area (TPSA) is 12.5 Å². The number of allylic oxidation sites excluding steroid dienone is 1. The first-order valence-electron chi connectivity index (χ1n) is 11.1. The molecule has 2 aromatic rings. The van der Waals surface area contributed by atoms with Gasteiger partial charge in [0.1, 0.15) is 0 Å². The summed E-state index contributed by atoms with van der Waals surface area (Å²) in [6, 6.07) is 12.0. The lowest BCUT2D eigenvalue weighted by molar-refractivity contribution is -0.266. The van der Waals surface area contributed by atoms with Gasteiger partial charge in [-0.15, -0.1) is 6.58 Å². The van der Waals surface area contributed by atoms with E-state index in [4.69, 9.17) is 4.84 Å². The molecule has 0 bridgehead atoms. The molecule has 0 spiro atoms. The second-order valence-electron chi connectivity index (χ2n) is 9.95. The summed E-state index contributed by atoms with van der Waals surface area (Å²) in [6.45, 7) is 12.5. The normalized spacial score (nSPS) is 18.8. The van der Waals surface area contributed by atoms with Gasteiger partial charge in [-0.05, 0) is 88.0 Å². The lowest BCUT2D eigenvalue weighted by Gasteiger charge is -2.53. The average Bonchev–Trinajstić information content (AvgIpc) is 2.70. The molecule has 1 fully saturated rings. The fourth-order valence-corrected chi connectivity index (χ4v) is 5.36. The highest BCUT2D eigenvalue weighted by atomic mass is 19.2. The van der Waals surface area contributed by atoms with Crippen molar-refractivity contribution in [2.45, 2.75) is 76.8 Å². The average molecular weight is 428 g/mol. The van der Waals surface area contributed by atoms with Gasteiger partial charge < -0.3 is 4.84 Å². The number of hydroxylamine groups is 2. The van der Waals surface area contributed by atoms with Crippen molar-refractivity contribution in [3.63, 3.8) is 0 Å². The Hall–Kier alpha value is -2.04. The summed E-state index contributed by atoms with van der Waals surface area (Å²) >= 11 is 0. The Balaban J connectivity index is 1.69. The van der Waals surface area contributed by atoms with Gasteiger partial charge in [-0.25, -0.2) is 8.78 Å². The van der Waals surface area contributed by atoms with Crippen molar-refractivity contribution in [2.24, 2.45) is 0 Å². The smallest absolute Gasteiger partial charge is 0.162 e. The Kier molecular flexibility index (Phi) is 7.02. The Bertz CT molecular complexity index is 900. The molecule has 0 aromatic heterocycles. The summed E-state index contributed by atoms with van der Waals surface area (Å²) in [4.78, 5) is 5.71. The Morgan fingerprint density at radius 3 is 2.03 bits per heavy atom. The van der Waals surface area contributed by atoms with Crippen LogP contribution in [0.3, 0.4) is 0 Å². The van der Waals surface area contributed by atoms with Crippen molar-refractivity contribution in [1.29, 1.82) is 0 Å². The van der Waals surface area contributed by atoms with Crippen LogP contribution >= 0.6 is 0 Å². The van der Waals surface area contributed by atoms with Gasteiger partial charge >= 0.3 is 0 Å². The number of piperidine rings is 1. The summed E-state index contributed by atoms with van der Waals surface area (Å²) in [5.74, 6) is -1.03. The van der Waals surface area contributed by atoms with Gasteiger partial charge in [0.2, 0.25) is 0 Å². The van der Waals surface area contributed by atoms with Crippen LogP contribution in [0.15, 0.2) is 49.1 Å². The molecular formula is C27H35F2NO. The number of aryl methyl sites for hydroxylation is 2. The summed E-state index contributed by atoms with van der Waals surface area (Å²) in [6.07, 6.45) is 5.11. The van der Waals surface area contributed by atoms with Gasteiger partial charge in [-0.2, -0.15) is 5.06 Å². The first-order valence-corrected chi connectivity index (χ1v) is 11.1. The minimum Gasteiger partial charge on any atom is -0.301 e. The Morgan fingerprint density at radius 1 is 0.935 bits per heavy atom. The first-order chi connectivity index (χ1) is 14.6. The molecule has 0 N–H and O–H groups in total. The highest BCUT2D eigenvalue weighted by molar-refractivity contribution is 5.31. The predicted molar refractivity (Wildman–Crippen MR) is 123 cm³/mol. The molecule has 4 heteroatoms. The van der Waals surface area contributed by atoms with Gasteiger partial charge in [-0.1, -0.05) is 42.5 Å². The molecule has 2 nitrogen and oxygen atoms in total. The lowest BCUT2D eigenvalue weighted by atomic mass is 9.72. The third kappa shape index (κ3) is 5.07. The molecule has 2 aromatic carbocycles. The molecule has 0 amide bonds. The number of halogens is 2. The van der Waals surface area contributed by atoms with Crippen molar-refractivity contribution in [1.82, 2.24) is 5.06 Å². The number of hydrogen-bond donors (Lipinski definition) is 0. The zero-order chi connectivity index (χ0) is 22.8. The molecular weight excluding hydrogens is 392 g/mol. The number of hydrogen-bond acceptors (Lipinski definition) is 2. The van der Waals surface area contributed by atoms with Crippen molar-refractivity contribution in [2.75, 3.05) is 7.11 Å². The monoisotopic (exact) mass is 427 g/mol. The van der Waals surface area contributed by atoms with E-state index in [1.165, 1.54) is 5.56 Å². The Morgan fingerprint density at radius 2 is 1.48 bits per heavy atom. The van der Waals surface area contributed by atoms with Crippen LogP contribution in [0.25, 0.3) is 0 Å². The van der Waals surface area contributed by atoms with E-state index < -0.39 is 11.6 Å². The highest BCUT2D eigenvalue weighted by Gasteiger charge is 2.46. The molecule has 1 heterocycles. The van der Waals surface area contributed by atoms with Crippen molar-refractivity contribution in [3.05, 3.63) is 82.9 Å². The minimum atomic E-state index is -0.750. The van der Waals surface area contributed by atoms with Crippen LogP contribution in [0, 0.1) is 11.6 Å². The van der Waals surface area contributed by atoms with Gasteiger partial charge in [0, 0.05) is 11.1 Å². The van der Waals surface area contributed by atoms with E-state index in [9.17, 15) is 8.78 Å². The van der Waals surface area contributed by atoms with E-state index in [1.54, 1.807) is 25.3 Å². The van der Waals surface area contributed by atoms with E-state index in [2.05, 4.69) is 63.6 Å². The summed E-state index contributed by atoms with van der Waals surface area (Å²) in [7, 11) is 1.75. The zero-order valence-corrected chi connectivity index (χ0v) is 19.5. The standard InChI is InChI=1S/C27H35F2NO/c1-7-8-21-15-16-22(25(29)24(21)28)14-11-19-9-12-20(13-10-19)23-17-26(2,3)30(31-6)27(4,5)18-23/h7,9-10,12-13,15-16,23H,1,8,11,14,17-18H2,2-6H3. The second kappa shape index (κ2) is 9.22. The molecule has 0 saturated carbocycles. The fourth-order valence-electron chi connectivity index (χ4n) is 5.36. The van der Waals surface area contributed by atoms with Gasteiger partial charge in [-0.3, -0.25) is 0 Å². The molecule has 1 aliphatic rings. The third-order valence-electron chi connectivity index (χ3n) is 6.51. The van der Waals surface area contributed by atoms with Gasteiger partial charge in [0.25, 0.3) is 0 Å². The summed E-state index contributed by atoms with van der Waals surface area (Å²) < 4.78 is 28.6. The molecule has 1 aliphatic heterocycles. The van der Waals surface area contributed by atoms with Crippen LogP contribution in [-0.2, 0) is 24.1 Å². The van der Waals surface area contributed by atoms with E-state index in [1.807, 2.05) is 0 Å². The molecule has 31 heavy (non-hydrogen) atoms. The van der Waals surface area contributed by atoms with E-state index in [0.29, 0.717) is 36.3 Å². The number of nitrogens with zero attached hydrogens (tertiary/aromatic N) is 1. The van der Waals surface area contributed by atoms with Crippen molar-refractivity contribution >= 4 is 0 Å². The molecule has 168 valence electrons. The van der Waals surface area contributed by atoms with Crippen LogP contribution in [0.5, 0.6) is 0 Å². The minimum absolute atomic E-state index is 0.0564. The molecule has 0 radical (unpaired) electrons. The summed E-state index contributed by atoms with van der Waals surface area (Å²) in [5, 5.41) is 2.12. The van der Waals surface area contributed by atoms with Gasteiger partial charge in [0.15, 0.2) is 11.6 Å². The lowest BCUT2D eigenvalue weighted by Crippen LogP contribution is -2.59. The largest absolute Gasteiger partial charge is 0.301 e. The maximum Gasteiger partial charge on any atom is 0.162 e. The second-order valence-corrected chi connectivity index (χ2v) is 9.95. The summed E-state index contributed by atoms with van der Waals surface area (Å²) in [5.41, 5.74) is 3.12. The quantitative estimate of drug-likeness (QED) is 0.452. The van der Waals surface area contributed by atoms with Gasteiger partial charge in [0.05, 0.1) is 7.11 Å². The van der Waals surface area contributed by atoms with Crippen molar-refractivity contribution in [3.8, 4) is 0 Å². The SMILES string of the molecule is C=CCc1ccc(CCc2ccc(C3CC(C)(C)N(OC)C(C)(C)C3)cc2)c(F)c1F. The van der Waals surface area contributed by atoms with E-state index in [0.717, 1.165) is 18.4 Å². The van der Waals surface area contributed by atoms with E-state index >= 15 is 0 Å². The van der Waals surface area contributed by atoms with Crippen LogP contribution in [0.4, 0.5) is 8.78 Å². The maximum atomic E-state index is 14.4. The third-order valence-corrected chi connectivity index (χ3v) is 6.51. The van der Waals surface area contributed by atoms with Crippen LogP contribution < -0.4 is 0 Å². The number of benzene rings is 2. The highest BCUT2D eigenvalue weighted by Crippen LogP contribution is 2.45. The van der Waals surface area contributed by atoms with Crippen LogP contribution in [0.2, 0.25) is 0 Å². The maximum absolute atomic E-state index is 14.4.